The summed E-state index contributed by atoms with van der Waals surface area (Å²) in [6.07, 6.45) is 0. The fourth-order valence-corrected chi connectivity index (χ4v) is 3.18. The number of carbonyl (C=O) groups is 1. The number of oxazole rings is 1. The highest BCUT2D eigenvalue weighted by Crippen LogP contribution is 2.24. The lowest BCUT2D eigenvalue weighted by molar-refractivity contribution is 0.102. The smallest absolute Gasteiger partial charge is 0.276 e. The van der Waals surface area contributed by atoms with Crippen molar-refractivity contribution in [1.82, 2.24) is 14.8 Å². The number of hydrogen-bond acceptors (Lipinski definition) is 5. The third-order valence-electron chi connectivity index (χ3n) is 4.69. The maximum atomic E-state index is 13.0. The molecule has 148 valence electrons. The number of hydrogen-bond donors (Lipinski definition) is 1. The van der Waals surface area contributed by atoms with E-state index in [9.17, 15) is 9.59 Å². The van der Waals surface area contributed by atoms with E-state index in [1.165, 1.54) is 4.68 Å². The van der Waals surface area contributed by atoms with Crippen LogP contribution in [0.15, 0.2) is 51.7 Å². The first-order valence-electron chi connectivity index (χ1n) is 9.58. The topological polar surface area (TPSA) is 90.0 Å². The fraction of sp³-hybridized carbons (Fsp3) is 0.273. The Morgan fingerprint density at radius 2 is 1.79 bits per heavy atom. The molecule has 0 saturated carbocycles. The molecule has 2 aromatic carbocycles. The molecule has 0 unspecified atom stereocenters. The highest BCUT2D eigenvalue weighted by atomic mass is 16.3. The lowest BCUT2D eigenvalue weighted by Gasteiger charge is -2.13. The second kappa shape index (κ2) is 7.16. The lowest BCUT2D eigenvalue weighted by Crippen LogP contribution is -2.28. The number of amides is 1. The summed E-state index contributed by atoms with van der Waals surface area (Å²) in [5.74, 6) is 0.441. The van der Waals surface area contributed by atoms with Crippen LogP contribution < -0.4 is 10.9 Å². The molecule has 0 bridgehead atoms. The Bertz CT molecular complexity index is 1280. The quantitative estimate of drug-likeness (QED) is 0.554. The van der Waals surface area contributed by atoms with Crippen LogP contribution in [0.4, 0.5) is 5.69 Å². The van der Waals surface area contributed by atoms with Crippen molar-refractivity contribution in [3.05, 3.63) is 64.4 Å². The molecule has 0 fully saturated rings. The van der Waals surface area contributed by atoms with Crippen molar-refractivity contribution in [3.63, 3.8) is 0 Å². The highest BCUT2D eigenvalue weighted by Gasteiger charge is 2.18. The van der Waals surface area contributed by atoms with Gasteiger partial charge in [0.25, 0.3) is 11.5 Å². The zero-order chi connectivity index (χ0) is 20.7. The molecule has 0 radical (unpaired) electrons. The van der Waals surface area contributed by atoms with Crippen LogP contribution >= 0.6 is 0 Å². The molecule has 0 aliphatic carbocycles. The van der Waals surface area contributed by atoms with Crippen molar-refractivity contribution >= 4 is 33.5 Å². The molecule has 0 spiro atoms. The first-order chi connectivity index (χ1) is 13.8. The van der Waals surface area contributed by atoms with Crippen LogP contribution in [0.25, 0.3) is 21.9 Å². The third-order valence-corrected chi connectivity index (χ3v) is 4.69. The van der Waals surface area contributed by atoms with Crippen molar-refractivity contribution in [1.29, 1.82) is 0 Å². The summed E-state index contributed by atoms with van der Waals surface area (Å²) in [5.41, 5.74) is 1.92. The van der Waals surface area contributed by atoms with Gasteiger partial charge in [0.1, 0.15) is 5.52 Å². The lowest BCUT2D eigenvalue weighted by atomic mass is 10.1. The first kappa shape index (κ1) is 18.9. The number of fused-ring (bicyclic) bond motifs is 2. The maximum absolute atomic E-state index is 13.0. The molecule has 4 aromatic rings. The van der Waals surface area contributed by atoms with Gasteiger partial charge in [0, 0.05) is 17.0 Å². The largest absolute Gasteiger partial charge is 0.440 e. The summed E-state index contributed by atoms with van der Waals surface area (Å²) in [4.78, 5) is 30.2. The molecular formula is C22H22N4O3. The molecule has 0 aliphatic heterocycles. The van der Waals surface area contributed by atoms with Crippen LogP contribution in [-0.2, 0) is 0 Å². The van der Waals surface area contributed by atoms with Gasteiger partial charge in [-0.1, -0.05) is 32.0 Å². The van der Waals surface area contributed by atoms with Gasteiger partial charge in [0.15, 0.2) is 17.2 Å². The SMILES string of the molecule is CC(C)c1nc2cc(NC(=O)c3nn(C(C)C)c(=O)c4ccccc34)ccc2o1. The molecule has 2 heterocycles. The predicted molar refractivity (Wildman–Crippen MR) is 112 cm³/mol. The minimum atomic E-state index is -0.387. The third kappa shape index (κ3) is 3.40. The Labute approximate surface area is 167 Å². The maximum Gasteiger partial charge on any atom is 0.276 e. The van der Waals surface area contributed by atoms with Crippen LogP contribution in [0.3, 0.4) is 0 Å². The molecule has 29 heavy (non-hydrogen) atoms. The molecule has 0 saturated heterocycles. The summed E-state index contributed by atoms with van der Waals surface area (Å²) in [5, 5.41) is 8.20. The van der Waals surface area contributed by atoms with Crippen molar-refractivity contribution < 1.29 is 9.21 Å². The summed E-state index contributed by atoms with van der Waals surface area (Å²) in [6.45, 7) is 7.73. The van der Waals surface area contributed by atoms with Gasteiger partial charge in [-0.25, -0.2) is 9.67 Å². The number of aromatic nitrogens is 3. The van der Waals surface area contributed by atoms with Gasteiger partial charge in [-0.2, -0.15) is 5.10 Å². The number of carbonyl (C=O) groups excluding carboxylic acids is 1. The van der Waals surface area contributed by atoms with Crippen LogP contribution in [-0.4, -0.2) is 20.7 Å². The standard InChI is InChI=1S/C22H22N4O3/c1-12(2)21-24-17-11-14(9-10-18(17)29-21)23-20(27)19-15-7-5-6-8-16(15)22(28)26(25-19)13(3)4/h5-13H,1-4H3,(H,23,27). The highest BCUT2D eigenvalue weighted by molar-refractivity contribution is 6.11. The number of nitrogens with one attached hydrogen (secondary N) is 1. The summed E-state index contributed by atoms with van der Waals surface area (Å²) >= 11 is 0. The molecular weight excluding hydrogens is 368 g/mol. The van der Waals surface area contributed by atoms with E-state index in [0.717, 1.165) is 0 Å². The Balaban J connectivity index is 1.75. The monoisotopic (exact) mass is 390 g/mol. The summed E-state index contributed by atoms with van der Waals surface area (Å²) in [7, 11) is 0. The number of nitrogens with zero attached hydrogens (tertiary/aromatic N) is 3. The summed E-state index contributed by atoms with van der Waals surface area (Å²) < 4.78 is 7.05. The normalized spacial score (nSPS) is 11.7. The average molecular weight is 390 g/mol. The van der Waals surface area contributed by atoms with Gasteiger partial charge in [0.05, 0.1) is 11.4 Å². The van der Waals surface area contributed by atoms with E-state index in [1.807, 2.05) is 27.7 Å². The van der Waals surface area contributed by atoms with Crippen molar-refractivity contribution in [3.8, 4) is 0 Å². The number of benzene rings is 2. The Morgan fingerprint density at radius 3 is 2.48 bits per heavy atom. The fourth-order valence-electron chi connectivity index (χ4n) is 3.18. The first-order valence-corrected chi connectivity index (χ1v) is 9.58. The van der Waals surface area contributed by atoms with Crippen molar-refractivity contribution in [2.75, 3.05) is 5.32 Å². The van der Waals surface area contributed by atoms with Gasteiger partial charge in [0.2, 0.25) is 0 Å². The van der Waals surface area contributed by atoms with E-state index < -0.39 is 0 Å². The van der Waals surface area contributed by atoms with Gasteiger partial charge in [-0.15, -0.1) is 0 Å². The van der Waals surface area contributed by atoms with Crippen LogP contribution in [0, 0.1) is 0 Å². The van der Waals surface area contributed by atoms with Gasteiger partial charge >= 0.3 is 0 Å². The molecule has 0 atom stereocenters. The van der Waals surface area contributed by atoms with Crippen molar-refractivity contribution in [2.24, 2.45) is 0 Å². The van der Waals surface area contributed by atoms with Crippen LogP contribution in [0.5, 0.6) is 0 Å². The molecule has 4 rings (SSSR count). The van der Waals surface area contributed by atoms with E-state index in [1.54, 1.807) is 42.5 Å². The van der Waals surface area contributed by atoms with E-state index in [2.05, 4.69) is 15.4 Å². The zero-order valence-electron chi connectivity index (χ0n) is 16.8. The number of rotatable bonds is 4. The molecule has 7 heteroatoms. The van der Waals surface area contributed by atoms with Crippen LogP contribution in [0.1, 0.15) is 56.0 Å². The van der Waals surface area contributed by atoms with E-state index in [0.29, 0.717) is 33.5 Å². The average Bonchev–Trinajstić information content (AvgIpc) is 3.12. The molecule has 1 N–H and O–H groups in total. The Kier molecular flexibility index (Phi) is 4.66. The predicted octanol–water partition coefficient (Wildman–Crippen LogP) is 4.49. The minimum Gasteiger partial charge on any atom is -0.440 e. The van der Waals surface area contributed by atoms with E-state index in [-0.39, 0.29) is 29.1 Å². The number of anilines is 1. The Morgan fingerprint density at radius 1 is 1.07 bits per heavy atom. The molecule has 7 nitrogen and oxygen atoms in total. The van der Waals surface area contributed by atoms with E-state index in [4.69, 9.17) is 4.42 Å². The van der Waals surface area contributed by atoms with Crippen LogP contribution in [0.2, 0.25) is 0 Å². The molecule has 0 aliphatic rings. The van der Waals surface area contributed by atoms with E-state index >= 15 is 0 Å². The molecule has 1 amide bonds. The Hall–Kier alpha value is -3.48. The minimum absolute atomic E-state index is 0.167. The summed E-state index contributed by atoms with van der Waals surface area (Å²) in [6, 6.07) is 12.2. The van der Waals surface area contributed by atoms with Gasteiger partial charge in [-0.05, 0) is 38.1 Å². The molecule has 2 aromatic heterocycles. The van der Waals surface area contributed by atoms with Gasteiger partial charge in [-0.3, -0.25) is 9.59 Å². The second-order valence-corrected chi connectivity index (χ2v) is 7.58. The zero-order valence-corrected chi connectivity index (χ0v) is 16.8. The second-order valence-electron chi connectivity index (χ2n) is 7.58. The van der Waals surface area contributed by atoms with Gasteiger partial charge < -0.3 is 9.73 Å². The van der Waals surface area contributed by atoms with Crippen molar-refractivity contribution in [2.45, 2.75) is 39.7 Å².